The van der Waals surface area contributed by atoms with Gasteiger partial charge in [0.1, 0.15) is 0 Å². The van der Waals surface area contributed by atoms with Crippen LogP contribution in [0.2, 0.25) is 0 Å². The molecule has 0 saturated heterocycles. The minimum absolute atomic E-state index is 1.04. The topological polar surface area (TPSA) is 0 Å². The average molecular weight is 351 g/mol. The second-order valence-electron chi connectivity index (χ2n) is 4.89. The molecular weight excluding hydrogens is 320 g/mol. The molecule has 0 aromatic rings. The molecule has 0 N–H and O–H groups in total. The number of alkyl halides is 1. The van der Waals surface area contributed by atoms with Crippen LogP contribution in [0.5, 0.6) is 0 Å². The van der Waals surface area contributed by atoms with E-state index in [9.17, 15) is 0 Å². The van der Waals surface area contributed by atoms with Gasteiger partial charge >= 0.3 is 0 Å². The Morgan fingerprint density at radius 3 is 1.43 bits per heavy atom. The first-order valence-corrected chi connectivity index (χ1v) is 9.34. The third-order valence-corrected chi connectivity index (χ3v) is 3.47. The second-order valence-corrected chi connectivity index (χ2v) is 5.69. The van der Waals surface area contributed by atoms with Crippen molar-refractivity contribution in [1.82, 2.24) is 0 Å². The lowest BCUT2D eigenvalue weighted by atomic mass is 10.2. The van der Waals surface area contributed by atoms with Crippen LogP contribution in [0.4, 0.5) is 0 Å². The number of rotatable bonds is 13. The average Bonchev–Trinajstić information content (AvgIpc) is 2.50. The summed E-state index contributed by atoms with van der Waals surface area (Å²) in [5.41, 5.74) is 0. The summed E-state index contributed by atoms with van der Waals surface area (Å²) >= 11 is 3.45. The van der Waals surface area contributed by atoms with E-state index in [0.29, 0.717) is 0 Å². The van der Waals surface area contributed by atoms with Gasteiger partial charge in [-0.25, -0.2) is 0 Å². The van der Waals surface area contributed by atoms with Crippen LogP contribution in [-0.2, 0) is 0 Å². The minimum atomic E-state index is 1.04. The molecule has 0 nitrogen and oxygen atoms in total. The van der Waals surface area contributed by atoms with Crippen LogP contribution >= 0.6 is 15.9 Å². The fourth-order valence-electron chi connectivity index (χ4n) is 1.73. The zero-order chi connectivity index (χ0) is 15.4. The molecule has 1 heteroatoms. The molecule has 0 rings (SSSR count). The fourth-order valence-corrected chi connectivity index (χ4v) is 2.12. The lowest BCUT2D eigenvalue weighted by Gasteiger charge is -1.90. The number of allylic oxidation sites excluding steroid dienone is 10. The molecule has 0 aromatic heterocycles. The van der Waals surface area contributed by atoms with Gasteiger partial charge in [-0.3, -0.25) is 0 Å². The van der Waals surface area contributed by atoms with Gasteiger partial charge in [-0.1, -0.05) is 83.6 Å². The molecular formula is C20H31Br. The highest BCUT2D eigenvalue weighted by molar-refractivity contribution is 9.09. The third kappa shape index (κ3) is 19.2. The lowest BCUT2D eigenvalue weighted by Crippen LogP contribution is -1.73. The zero-order valence-corrected chi connectivity index (χ0v) is 15.1. The van der Waals surface area contributed by atoms with Crippen molar-refractivity contribution >= 4 is 15.9 Å². The smallest absolute Gasteiger partial charge is 0.00314 e. The van der Waals surface area contributed by atoms with Crippen molar-refractivity contribution in [3.8, 4) is 0 Å². The predicted molar refractivity (Wildman–Crippen MR) is 102 cm³/mol. The predicted octanol–water partition coefficient (Wildman–Crippen LogP) is 7.30. The van der Waals surface area contributed by atoms with Crippen LogP contribution < -0.4 is 0 Å². The largest absolute Gasteiger partial charge is 0.0928 e. The molecule has 0 spiro atoms. The molecule has 0 radical (unpaired) electrons. The fraction of sp³-hybridized carbons (Fsp3) is 0.500. The van der Waals surface area contributed by atoms with E-state index in [4.69, 9.17) is 0 Å². The molecule has 0 aliphatic heterocycles. The standard InChI is InChI=1S/C20H31Br/c1-2-3-4-5-6-7-8-9-10-11-12-13-14-15-16-17-18-19-20-21/h3-4,6-7,9-10,12-13,15-16H,2,5,8,11,14,17-20H2,1H3/b4-3-,7-6?,10-9?,13-12?,16-15?. The highest BCUT2D eigenvalue weighted by Gasteiger charge is 1.81. The van der Waals surface area contributed by atoms with E-state index in [1.165, 1.54) is 19.3 Å². The SMILES string of the molecule is CC/C=C\CC=CCC=CCC=CCC=CCCCCBr. The van der Waals surface area contributed by atoms with Crippen molar-refractivity contribution in [3.63, 3.8) is 0 Å². The van der Waals surface area contributed by atoms with Crippen LogP contribution in [-0.4, -0.2) is 5.33 Å². The van der Waals surface area contributed by atoms with Crippen molar-refractivity contribution < 1.29 is 0 Å². The molecule has 118 valence electrons. The molecule has 0 unspecified atom stereocenters. The summed E-state index contributed by atoms with van der Waals surface area (Å²) in [4.78, 5) is 0. The van der Waals surface area contributed by atoms with E-state index in [1.54, 1.807) is 0 Å². The van der Waals surface area contributed by atoms with E-state index in [-0.39, 0.29) is 0 Å². The van der Waals surface area contributed by atoms with Crippen molar-refractivity contribution in [3.05, 3.63) is 60.8 Å². The normalized spacial score (nSPS) is 13.0. The minimum Gasteiger partial charge on any atom is -0.0928 e. The quantitative estimate of drug-likeness (QED) is 0.185. The van der Waals surface area contributed by atoms with Crippen molar-refractivity contribution in [1.29, 1.82) is 0 Å². The number of halogens is 1. The molecule has 0 saturated carbocycles. The van der Waals surface area contributed by atoms with E-state index in [2.05, 4.69) is 83.6 Å². The van der Waals surface area contributed by atoms with E-state index in [0.717, 1.165) is 37.4 Å². The van der Waals surface area contributed by atoms with Crippen molar-refractivity contribution in [2.24, 2.45) is 0 Å². The molecule has 0 heterocycles. The van der Waals surface area contributed by atoms with Crippen LogP contribution in [0.1, 0.15) is 58.3 Å². The summed E-state index contributed by atoms with van der Waals surface area (Å²) in [5.74, 6) is 0. The maximum atomic E-state index is 3.45. The first-order chi connectivity index (χ1) is 10.4. The summed E-state index contributed by atoms with van der Waals surface area (Å²) in [7, 11) is 0. The Hall–Kier alpha value is -0.820. The van der Waals surface area contributed by atoms with Gasteiger partial charge in [0, 0.05) is 5.33 Å². The van der Waals surface area contributed by atoms with E-state index in [1.807, 2.05) is 0 Å². The van der Waals surface area contributed by atoms with Gasteiger partial charge in [0.05, 0.1) is 0 Å². The van der Waals surface area contributed by atoms with Gasteiger partial charge in [0.15, 0.2) is 0 Å². The second kappa shape index (κ2) is 19.2. The van der Waals surface area contributed by atoms with E-state index < -0.39 is 0 Å². The summed E-state index contributed by atoms with van der Waals surface area (Å²) in [6.45, 7) is 2.16. The number of hydrogen-bond acceptors (Lipinski definition) is 0. The van der Waals surface area contributed by atoms with Crippen molar-refractivity contribution in [2.75, 3.05) is 5.33 Å². The number of hydrogen-bond donors (Lipinski definition) is 0. The zero-order valence-electron chi connectivity index (χ0n) is 13.5. The Labute approximate surface area is 140 Å². The van der Waals surface area contributed by atoms with Crippen LogP contribution in [0.25, 0.3) is 0 Å². The van der Waals surface area contributed by atoms with Gasteiger partial charge in [-0.2, -0.15) is 0 Å². The summed E-state index contributed by atoms with van der Waals surface area (Å²) in [6.07, 6.45) is 31.5. The lowest BCUT2D eigenvalue weighted by molar-refractivity contribution is 0.825. The molecule has 0 atom stereocenters. The Balaban J connectivity index is 3.41. The maximum absolute atomic E-state index is 3.45. The van der Waals surface area contributed by atoms with Gasteiger partial charge in [0.25, 0.3) is 0 Å². The Morgan fingerprint density at radius 2 is 1.00 bits per heavy atom. The Kier molecular flexibility index (Phi) is 18.4. The monoisotopic (exact) mass is 350 g/mol. The molecule has 0 amide bonds. The van der Waals surface area contributed by atoms with Crippen LogP contribution in [0.15, 0.2) is 60.8 Å². The molecule has 0 aliphatic carbocycles. The summed E-state index contributed by atoms with van der Waals surface area (Å²) in [5, 5.41) is 1.12. The molecule has 0 fully saturated rings. The van der Waals surface area contributed by atoms with Gasteiger partial charge < -0.3 is 0 Å². The van der Waals surface area contributed by atoms with Crippen molar-refractivity contribution in [2.45, 2.75) is 58.3 Å². The van der Waals surface area contributed by atoms with Gasteiger partial charge in [0.2, 0.25) is 0 Å². The summed E-state index contributed by atoms with van der Waals surface area (Å²) < 4.78 is 0. The summed E-state index contributed by atoms with van der Waals surface area (Å²) in [6, 6.07) is 0. The number of unbranched alkanes of at least 4 members (excludes halogenated alkanes) is 2. The molecule has 0 aromatic carbocycles. The van der Waals surface area contributed by atoms with Crippen LogP contribution in [0.3, 0.4) is 0 Å². The highest BCUT2D eigenvalue weighted by Crippen LogP contribution is 2.00. The van der Waals surface area contributed by atoms with E-state index >= 15 is 0 Å². The molecule has 0 aliphatic rings. The molecule has 21 heavy (non-hydrogen) atoms. The van der Waals surface area contributed by atoms with Gasteiger partial charge in [-0.15, -0.1) is 0 Å². The third-order valence-electron chi connectivity index (χ3n) is 2.91. The first-order valence-electron chi connectivity index (χ1n) is 8.22. The Bertz CT molecular complexity index is 332. The maximum Gasteiger partial charge on any atom is 0.00314 e. The van der Waals surface area contributed by atoms with Gasteiger partial charge in [-0.05, 0) is 51.4 Å². The highest BCUT2D eigenvalue weighted by atomic mass is 79.9. The molecule has 0 bridgehead atoms. The van der Waals surface area contributed by atoms with Crippen LogP contribution in [0, 0.1) is 0 Å². The Morgan fingerprint density at radius 1 is 0.571 bits per heavy atom. The first kappa shape index (κ1) is 20.2.